The Hall–Kier alpha value is -1.49. The van der Waals surface area contributed by atoms with Crippen molar-refractivity contribution in [2.45, 2.75) is 31.7 Å². The highest BCUT2D eigenvalue weighted by Gasteiger charge is 2.29. The minimum atomic E-state index is -0.140. The molecular formula is C14H14FN3S. The van der Waals surface area contributed by atoms with Crippen LogP contribution in [-0.4, -0.2) is 15.9 Å². The van der Waals surface area contributed by atoms with Gasteiger partial charge in [-0.15, -0.1) is 0 Å². The van der Waals surface area contributed by atoms with Crippen molar-refractivity contribution in [3.63, 3.8) is 0 Å². The lowest BCUT2D eigenvalue weighted by Crippen LogP contribution is -2.30. The van der Waals surface area contributed by atoms with Gasteiger partial charge in [0.1, 0.15) is 11.6 Å². The summed E-state index contributed by atoms with van der Waals surface area (Å²) in [6, 6.07) is 5.08. The van der Waals surface area contributed by atoms with E-state index >= 15 is 0 Å². The van der Waals surface area contributed by atoms with Gasteiger partial charge in [-0.25, -0.2) is 9.37 Å². The van der Waals surface area contributed by atoms with Crippen LogP contribution in [0, 0.1) is 5.82 Å². The lowest BCUT2D eigenvalue weighted by atomic mass is 10.0. The summed E-state index contributed by atoms with van der Waals surface area (Å²) < 4.78 is 17.6. The molecule has 1 fully saturated rings. The normalized spacial score (nSPS) is 18.5. The summed E-state index contributed by atoms with van der Waals surface area (Å²) in [4.78, 5) is 6.90. The molecule has 0 radical (unpaired) electrons. The molecule has 1 aliphatic heterocycles. The zero-order valence-corrected chi connectivity index (χ0v) is 11.3. The van der Waals surface area contributed by atoms with Crippen molar-refractivity contribution in [2.75, 3.05) is 11.4 Å². The number of nitrogens with zero attached hydrogens (tertiary/aromatic N) is 3. The summed E-state index contributed by atoms with van der Waals surface area (Å²) in [6.07, 6.45) is 3.35. The van der Waals surface area contributed by atoms with E-state index in [4.69, 9.17) is 0 Å². The van der Waals surface area contributed by atoms with E-state index in [0.29, 0.717) is 5.92 Å². The topological polar surface area (TPSA) is 29.0 Å². The van der Waals surface area contributed by atoms with Crippen LogP contribution >= 0.6 is 11.5 Å². The fraction of sp³-hybridized carbons (Fsp3) is 0.429. The lowest BCUT2D eigenvalue weighted by Gasteiger charge is -2.28. The van der Waals surface area contributed by atoms with Crippen LogP contribution in [0.1, 0.15) is 35.7 Å². The van der Waals surface area contributed by atoms with Gasteiger partial charge in [-0.2, -0.15) is 4.37 Å². The predicted molar refractivity (Wildman–Crippen MR) is 73.0 cm³/mol. The Balaban J connectivity index is 1.58. The Kier molecular flexibility index (Phi) is 2.55. The number of hydrogen-bond acceptors (Lipinski definition) is 4. The monoisotopic (exact) mass is 275 g/mol. The summed E-state index contributed by atoms with van der Waals surface area (Å²) in [7, 11) is 0. The number of hydrogen-bond donors (Lipinski definition) is 0. The van der Waals surface area contributed by atoms with E-state index in [1.54, 1.807) is 6.07 Å². The first-order chi connectivity index (χ1) is 9.29. The molecule has 0 unspecified atom stereocenters. The van der Waals surface area contributed by atoms with E-state index in [1.807, 2.05) is 6.07 Å². The van der Waals surface area contributed by atoms with Gasteiger partial charge >= 0.3 is 0 Å². The average Bonchev–Trinajstić information content (AvgIpc) is 3.16. The van der Waals surface area contributed by atoms with Gasteiger partial charge in [0, 0.05) is 30.5 Å². The van der Waals surface area contributed by atoms with Gasteiger partial charge in [-0.05, 0) is 42.5 Å². The number of aromatic nitrogens is 2. The van der Waals surface area contributed by atoms with Gasteiger partial charge in [-0.1, -0.05) is 6.07 Å². The Bertz CT molecular complexity index is 621. The van der Waals surface area contributed by atoms with Crippen LogP contribution in [0.5, 0.6) is 0 Å². The molecule has 2 heterocycles. The number of rotatable bonds is 2. The van der Waals surface area contributed by atoms with Crippen molar-refractivity contribution in [1.82, 2.24) is 9.36 Å². The molecule has 2 aromatic rings. The standard InChI is InChI=1S/C14H14FN3S/c15-12-4-3-11-8-18(6-5-10(11)7-12)14-16-13(17-19-14)9-1-2-9/h3-4,7,9H,1-2,5-6,8H2. The summed E-state index contributed by atoms with van der Waals surface area (Å²) in [5.74, 6) is 1.49. The lowest BCUT2D eigenvalue weighted by molar-refractivity contribution is 0.619. The van der Waals surface area contributed by atoms with Crippen LogP contribution in [0.4, 0.5) is 9.52 Å². The summed E-state index contributed by atoms with van der Waals surface area (Å²) in [5.41, 5.74) is 2.33. The number of halogens is 1. The summed E-state index contributed by atoms with van der Waals surface area (Å²) >= 11 is 1.49. The van der Waals surface area contributed by atoms with Gasteiger partial charge in [0.25, 0.3) is 0 Å². The maximum Gasteiger partial charge on any atom is 0.205 e. The van der Waals surface area contributed by atoms with Gasteiger partial charge in [0.05, 0.1) is 0 Å². The van der Waals surface area contributed by atoms with Crippen LogP contribution in [0.25, 0.3) is 0 Å². The molecule has 1 aromatic heterocycles. The number of benzene rings is 1. The van der Waals surface area contributed by atoms with E-state index in [0.717, 1.165) is 36.0 Å². The second-order valence-electron chi connectivity index (χ2n) is 5.29. The second kappa shape index (κ2) is 4.27. The summed E-state index contributed by atoms with van der Waals surface area (Å²) in [5, 5.41) is 1.01. The van der Waals surface area contributed by atoms with E-state index in [2.05, 4.69) is 14.3 Å². The molecule has 0 amide bonds. The zero-order valence-electron chi connectivity index (χ0n) is 10.5. The molecule has 0 atom stereocenters. The fourth-order valence-corrected chi connectivity index (χ4v) is 3.32. The van der Waals surface area contributed by atoms with E-state index in [1.165, 1.54) is 36.0 Å². The molecule has 98 valence electrons. The second-order valence-corrected chi connectivity index (χ2v) is 6.02. The average molecular weight is 275 g/mol. The molecule has 2 aliphatic rings. The zero-order chi connectivity index (χ0) is 12.8. The molecule has 0 spiro atoms. The number of fused-ring (bicyclic) bond motifs is 1. The van der Waals surface area contributed by atoms with Crippen molar-refractivity contribution >= 4 is 16.7 Å². The Labute approximate surface area is 115 Å². The van der Waals surface area contributed by atoms with E-state index in [-0.39, 0.29) is 5.82 Å². The Morgan fingerprint density at radius 2 is 2.16 bits per heavy atom. The first-order valence-corrected chi connectivity index (χ1v) is 7.43. The Morgan fingerprint density at radius 3 is 3.00 bits per heavy atom. The minimum Gasteiger partial charge on any atom is -0.342 e. The third kappa shape index (κ3) is 2.12. The molecule has 3 nitrogen and oxygen atoms in total. The maximum absolute atomic E-state index is 13.2. The highest BCUT2D eigenvalue weighted by Crippen LogP contribution is 2.40. The van der Waals surface area contributed by atoms with Crippen LogP contribution < -0.4 is 4.90 Å². The fourth-order valence-electron chi connectivity index (χ4n) is 2.55. The van der Waals surface area contributed by atoms with Crippen molar-refractivity contribution in [1.29, 1.82) is 0 Å². The molecule has 1 saturated carbocycles. The smallest absolute Gasteiger partial charge is 0.205 e. The van der Waals surface area contributed by atoms with E-state index < -0.39 is 0 Å². The molecular weight excluding hydrogens is 261 g/mol. The van der Waals surface area contributed by atoms with Gasteiger partial charge in [0.2, 0.25) is 5.13 Å². The van der Waals surface area contributed by atoms with Crippen molar-refractivity contribution < 1.29 is 4.39 Å². The quantitative estimate of drug-likeness (QED) is 0.843. The third-order valence-electron chi connectivity index (χ3n) is 3.82. The number of anilines is 1. The van der Waals surface area contributed by atoms with E-state index in [9.17, 15) is 4.39 Å². The molecule has 0 N–H and O–H groups in total. The van der Waals surface area contributed by atoms with Crippen molar-refractivity contribution in [3.05, 3.63) is 41.0 Å². The maximum atomic E-state index is 13.2. The largest absolute Gasteiger partial charge is 0.342 e. The van der Waals surface area contributed by atoms with Crippen LogP contribution in [0.3, 0.4) is 0 Å². The van der Waals surface area contributed by atoms with Crippen molar-refractivity contribution in [3.8, 4) is 0 Å². The predicted octanol–water partition coefficient (Wildman–Crippen LogP) is 3.12. The van der Waals surface area contributed by atoms with Crippen LogP contribution in [-0.2, 0) is 13.0 Å². The SMILES string of the molecule is Fc1ccc2c(c1)CCN(c1nc(C3CC3)ns1)C2. The highest BCUT2D eigenvalue weighted by molar-refractivity contribution is 7.09. The van der Waals surface area contributed by atoms with Crippen LogP contribution in [0.15, 0.2) is 18.2 Å². The Morgan fingerprint density at radius 1 is 1.26 bits per heavy atom. The molecule has 1 aliphatic carbocycles. The van der Waals surface area contributed by atoms with Crippen LogP contribution in [0.2, 0.25) is 0 Å². The van der Waals surface area contributed by atoms with Gasteiger partial charge in [0.15, 0.2) is 0 Å². The molecule has 0 saturated heterocycles. The molecule has 19 heavy (non-hydrogen) atoms. The minimum absolute atomic E-state index is 0.140. The summed E-state index contributed by atoms with van der Waals surface area (Å²) in [6.45, 7) is 1.71. The third-order valence-corrected chi connectivity index (χ3v) is 4.62. The first kappa shape index (κ1) is 11.3. The molecule has 1 aromatic carbocycles. The molecule has 0 bridgehead atoms. The van der Waals surface area contributed by atoms with Gasteiger partial charge < -0.3 is 4.90 Å². The van der Waals surface area contributed by atoms with Gasteiger partial charge in [-0.3, -0.25) is 0 Å². The highest BCUT2D eigenvalue weighted by atomic mass is 32.1. The molecule has 5 heteroatoms. The molecule has 4 rings (SSSR count). The first-order valence-electron chi connectivity index (χ1n) is 6.65. The van der Waals surface area contributed by atoms with Crippen molar-refractivity contribution in [2.24, 2.45) is 0 Å².